The first-order valence-corrected chi connectivity index (χ1v) is 5.74. The smallest absolute Gasteiger partial charge is 0.129 e. The summed E-state index contributed by atoms with van der Waals surface area (Å²) in [5.41, 5.74) is 1.85. The van der Waals surface area contributed by atoms with Gasteiger partial charge in [-0.05, 0) is 26.0 Å². The molecule has 1 aromatic heterocycles. The van der Waals surface area contributed by atoms with Crippen molar-refractivity contribution in [1.29, 1.82) is 0 Å². The zero-order valence-corrected chi connectivity index (χ0v) is 9.95. The monoisotopic (exact) mass is 232 g/mol. The fourth-order valence-corrected chi connectivity index (χ4v) is 2.06. The van der Waals surface area contributed by atoms with Crippen molar-refractivity contribution in [3.05, 3.63) is 41.9 Å². The number of aryl methyl sites for hydroxylation is 2. The standard InChI is InChI=1S/C12H12N2OS/c1-8-9(2)14-12(7-13-8)16-11-6-4-3-5-10(11)15/h3-7,15H,1-2H3. The maximum atomic E-state index is 9.63. The van der Waals surface area contributed by atoms with Crippen LogP contribution in [0.25, 0.3) is 0 Å². The third-order valence-electron chi connectivity index (χ3n) is 2.25. The van der Waals surface area contributed by atoms with Gasteiger partial charge in [0.25, 0.3) is 0 Å². The number of phenolic OH excluding ortho intramolecular Hbond substituents is 1. The van der Waals surface area contributed by atoms with Crippen LogP contribution in [0.4, 0.5) is 0 Å². The van der Waals surface area contributed by atoms with Gasteiger partial charge in [-0.3, -0.25) is 4.98 Å². The summed E-state index contributed by atoms with van der Waals surface area (Å²) in [4.78, 5) is 9.43. The van der Waals surface area contributed by atoms with Crippen LogP contribution in [0, 0.1) is 13.8 Å². The lowest BCUT2D eigenvalue weighted by molar-refractivity contribution is 0.462. The summed E-state index contributed by atoms with van der Waals surface area (Å²) in [7, 11) is 0. The third-order valence-corrected chi connectivity index (χ3v) is 3.22. The first-order valence-electron chi connectivity index (χ1n) is 4.93. The predicted octanol–water partition coefficient (Wildman–Crippen LogP) is 2.95. The van der Waals surface area contributed by atoms with Crippen molar-refractivity contribution in [2.45, 2.75) is 23.8 Å². The number of rotatable bonds is 2. The van der Waals surface area contributed by atoms with Crippen LogP contribution in [-0.2, 0) is 0 Å². The molecule has 1 N–H and O–H groups in total. The number of para-hydroxylation sites is 1. The van der Waals surface area contributed by atoms with E-state index in [-0.39, 0.29) is 5.75 Å². The van der Waals surface area contributed by atoms with Crippen LogP contribution in [0.5, 0.6) is 5.75 Å². The summed E-state index contributed by atoms with van der Waals surface area (Å²) < 4.78 is 0. The minimum Gasteiger partial charge on any atom is -0.507 e. The topological polar surface area (TPSA) is 46.0 Å². The van der Waals surface area contributed by atoms with E-state index < -0.39 is 0 Å². The van der Waals surface area contributed by atoms with Crippen molar-refractivity contribution in [3.8, 4) is 5.75 Å². The first-order chi connectivity index (χ1) is 7.66. The van der Waals surface area contributed by atoms with E-state index in [9.17, 15) is 5.11 Å². The predicted molar refractivity (Wildman–Crippen MR) is 63.7 cm³/mol. The van der Waals surface area contributed by atoms with Crippen molar-refractivity contribution in [2.75, 3.05) is 0 Å². The molecule has 0 bridgehead atoms. The van der Waals surface area contributed by atoms with Crippen molar-refractivity contribution >= 4 is 11.8 Å². The van der Waals surface area contributed by atoms with Crippen molar-refractivity contribution < 1.29 is 5.11 Å². The highest BCUT2D eigenvalue weighted by molar-refractivity contribution is 7.99. The van der Waals surface area contributed by atoms with Crippen molar-refractivity contribution in [1.82, 2.24) is 9.97 Å². The Kier molecular flexibility index (Phi) is 3.10. The maximum absolute atomic E-state index is 9.63. The van der Waals surface area contributed by atoms with Gasteiger partial charge in [-0.2, -0.15) is 0 Å². The van der Waals surface area contributed by atoms with Crippen LogP contribution >= 0.6 is 11.8 Å². The molecule has 2 rings (SSSR count). The molecule has 0 spiro atoms. The molecule has 2 aromatic rings. The summed E-state index contributed by atoms with van der Waals surface area (Å²) in [6.45, 7) is 3.86. The summed E-state index contributed by atoms with van der Waals surface area (Å²) in [5.74, 6) is 0.271. The van der Waals surface area contributed by atoms with Crippen LogP contribution in [0.2, 0.25) is 0 Å². The number of phenols is 1. The zero-order valence-electron chi connectivity index (χ0n) is 9.14. The zero-order chi connectivity index (χ0) is 11.5. The molecule has 0 aliphatic carbocycles. The van der Waals surface area contributed by atoms with Crippen LogP contribution in [-0.4, -0.2) is 15.1 Å². The van der Waals surface area contributed by atoms with Gasteiger partial charge in [-0.25, -0.2) is 4.98 Å². The highest BCUT2D eigenvalue weighted by atomic mass is 32.2. The van der Waals surface area contributed by atoms with E-state index in [4.69, 9.17) is 0 Å². The van der Waals surface area contributed by atoms with Gasteiger partial charge in [0.15, 0.2) is 0 Å². The highest BCUT2D eigenvalue weighted by Gasteiger charge is 2.05. The minimum absolute atomic E-state index is 0.271. The molecule has 0 unspecified atom stereocenters. The van der Waals surface area contributed by atoms with Crippen LogP contribution < -0.4 is 0 Å². The molecular formula is C12H12N2OS. The molecule has 0 atom stereocenters. The van der Waals surface area contributed by atoms with Gasteiger partial charge in [0.1, 0.15) is 10.8 Å². The van der Waals surface area contributed by atoms with Gasteiger partial charge in [-0.15, -0.1) is 0 Å². The molecular weight excluding hydrogens is 220 g/mol. The molecule has 1 heterocycles. The molecule has 0 aliphatic heterocycles. The fraction of sp³-hybridized carbons (Fsp3) is 0.167. The molecule has 16 heavy (non-hydrogen) atoms. The summed E-state index contributed by atoms with van der Waals surface area (Å²) >= 11 is 1.41. The Morgan fingerprint density at radius 1 is 1.12 bits per heavy atom. The second kappa shape index (κ2) is 4.53. The molecule has 0 radical (unpaired) electrons. The van der Waals surface area contributed by atoms with E-state index >= 15 is 0 Å². The van der Waals surface area contributed by atoms with E-state index in [0.29, 0.717) is 0 Å². The Morgan fingerprint density at radius 2 is 1.88 bits per heavy atom. The first kappa shape index (κ1) is 11.0. The second-order valence-corrected chi connectivity index (χ2v) is 4.51. The SMILES string of the molecule is Cc1ncc(Sc2ccccc2O)nc1C. The molecule has 0 amide bonds. The molecule has 0 aliphatic rings. The Balaban J connectivity index is 2.28. The molecule has 1 aromatic carbocycles. The number of benzene rings is 1. The molecule has 3 nitrogen and oxygen atoms in total. The van der Waals surface area contributed by atoms with Gasteiger partial charge < -0.3 is 5.11 Å². The van der Waals surface area contributed by atoms with Crippen molar-refractivity contribution in [3.63, 3.8) is 0 Å². The lowest BCUT2D eigenvalue weighted by Gasteiger charge is -2.04. The van der Waals surface area contributed by atoms with Gasteiger partial charge in [-0.1, -0.05) is 23.9 Å². The number of nitrogens with zero attached hydrogens (tertiary/aromatic N) is 2. The van der Waals surface area contributed by atoms with Gasteiger partial charge in [0.05, 0.1) is 22.5 Å². The van der Waals surface area contributed by atoms with E-state index in [1.807, 2.05) is 26.0 Å². The quantitative estimate of drug-likeness (QED) is 0.864. The van der Waals surface area contributed by atoms with E-state index in [0.717, 1.165) is 21.3 Å². The lowest BCUT2D eigenvalue weighted by atomic mass is 10.3. The average Bonchev–Trinajstić information content (AvgIpc) is 2.27. The molecule has 0 saturated heterocycles. The van der Waals surface area contributed by atoms with Crippen LogP contribution in [0.3, 0.4) is 0 Å². The van der Waals surface area contributed by atoms with E-state index in [2.05, 4.69) is 9.97 Å². The molecule has 82 valence electrons. The summed E-state index contributed by atoms with van der Waals surface area (Å²) in [6, 6.07) is 7.20. The Labute approximate surface area is 98.6 Å². The van der Waals surface area contributed by atoms with Gasteiger partial charge in [0, 0.05) is 0 Å². The summed E-state index contributed by atoms with van der Waals surface area (Å²) in [6.07, 6.45) is 1.72. The lowest BCUT2D eigenvalue weighted by Crippen LogP contribution is -1.92. The number of hydrogen-bond acceptors (Lipinski definition) is 4. The van der Waals surface area contributed by atoms with E-state index in [1.54, 1.807) is 18.3 Å². The largest absolute Gasteiger partial charge is 0.507 e. The number of hydrogen-bond donors (Lipinski definition) is 1. The van der Waals surface area contributed by atoms with Crippen LogP contribution in [0.15, 0.2) is 40.4 Å². The molecule has 0 fully saturated rings. The number of aromatic hydroxyl groups is 1. The average molecular weight is 232 g/mol. The Morgan fingerprint density at radius 3 is 2.56 bits per heavy atom. The van der Waals surface area contributed by atoms with Gasteiger partial charge >= 0.3 is 0 Å². The van der Waals surface area contributed by atoms with E-state index in [1.165, 1.54) is 11.8 Å². The highest BCUT2D eigenvalue weighted by Crippen LogP contribution is 2.32. The Hall–Kier alpha value is -1.55. The normalized spacial score (nSPS) is 10.4. The second-order valence-electron chi connectivity index (χ2n) is 3.45. The third kappa shape index (κ3) is 2.33. The van der Waals surface area contributed by atoms with Crippen molar-refractivity contribution in [2.24, 2.45) is 0 Å². The molecule has 4 heteroatoms. The Bertz CT molecular complexity index is 514. The van der Waals surface area contributed by atoms with Crippen LogP contribution in [0.1, 0.15) is 11.4 Å². The maximum Gasteiger partial charge on any atom is 0.129 e. The molecule has 0 saturated carbocycles. The number of aromatic nitrogens is 2. The fourth-order valence-electron chi connectivity index (χ4n) is 1.23. The van der Waals surface area contributed by atoms with Gasteiger partial charge in [0.2, 0.25) is 0 Å². The summed E-state index contributed by atoms with van der Waals surface area (Å²) in [5, 5.41) is 10.4. The minimum atomic E-state index is 0.271.